The summed E-state index contributed by atoms with van der Waals surface area (Å²) in [5.74, 6) is 0.266. The lowest BCUT2D eigenvalue weighted by Crippen LogP contribution is -2.49. The van der Waals surface area contributed by atoms with Crippen LogP contribution in [0.4, 0.5) is 0 Å². The normalized spacial score (nSPS) is 18.9. The molecule has 1 amide bonds. The van der Waals surface area contributed by atoms with Crippen LogP contribution in [0.15, 0.2) is 22.8 Å². The molecule has 1 aliphatic rings. The van der Waals surface area contributed by atoms with Crippen LogP contribution < -0.4 is 0 Å². The molecule has 1 aliphatic heterocycles. The largest absolute Gasteiger partial charge is 0.469 e. The Kier molecular flexibility index (Phi) is 4.04. The summed E-state index contributed by atoms with van der Waals surface area (Å²) in [7, 11) is 3.29. The highest BCUT2D eigenvalue weighted by molar-refractivity contribution is 5.78. The topological polar surface area (TPSA) is 51.9 Å². The minimum atomic E-state index is -0.526. The molecule has 1 fully saturated rings. The van der Waals surface area contributed by atoms with Crippen molar-refractivity contribution in [1.29, 1.82) is 0 Å². The number of piperidine rings is 1. The van der Waals surface area contributed by atoms with Crippen LogP contribution in [-0.4, -0.2) is 43.9 Å². The Bertz CT molecular complexity index is 374. The summed E-state index contributed by atoms with van der Waals surface area (Å²) in [6.07, 6.45) is 3.30. The van der Waals surface area contributed by atoms with Gasteiger partial charge in [0.05, 0.1) is 12.7 Å². The maximum Gasteiger partial charge on any atom is 0.230 e. The summed E-state index contributed by atoms with van der Waals surface area (Å²) in [5.41, 5.74) is 0. The van der Waals surface area contributed by atoms with E-state index >= 15 is 0 Å². The molecule has 2 heterocycles. The second kappa shape index (κ2) is 5.54. The molecular formula is C13H19NO4. The van der Waals surface area contributed by atoms with Gasteiger partial charge in [0.15, 0.2) is 5.79 Å². The van der Waals surface area contributed by atoms with E-state index in [9.17, 15) is 4.79 Å². The molecule has 0 atom stereocenters. The molecule has 2 rings (SSSR count). The molecule has 0 spiro atoms. The molecule has 100 valence electrons. The maximum absolute atomic E-state index is 12.0. The number of carbonyl (C=O) groups excluding carboxylic acids is 1. The van der Waals surface area contributed by atoms with Gasteiger partial charge in [-0.25, -0.2) is 0 Å². The van der Waals surface area contributed by atoms with E-state index in [-0.39, 0.29) is 5.91 Å². The molecule has 1 aromatic rings. The summed E-state index contributed by atoms with van der Waals surface area (Å²) in [5, 5.41) is 0. The van der Waals surface area contributed by atoms with Crippen molar-refractivity contribution in [1.82, 2.24) is 4.90 Å². The summed E-state index contributed by atoms with van der Waals surface area (Å²) >= 11 is 0. The summed E-state index contributed by atoms with van der Waals surface area (Å²) in [6.45, 7) is 1.31. The summed E-state index contributed by atoms with van der Waals surface area (Å²) in [4.78, 5) is 13.9. The smallest absolute Gasteiger partial charge is 0.230 e. The van der Waals surface area contributed by atoms with Gasteiger partial charge in [0.25, 0.3) is 0 Å². The highest BCUT2D eigenvalue weighted by Gasteiger charge is 2.35. The number of ether oxygens (including phenoxy) is 2. The van der Waals surface area contributed by atoms with Crippen LogP contribution in [-0.2, 0) is 20.7 Å². The first-order valence-corrected chi connectivity index (χ1v) is 6.09. The average molecular weight is 253 g/mol. The number of hydrogen-bond donors (Lipinski definition) is 0. The van der Waals surface area contributed by atoms with E-state index in [1.54, 1.807) is 26.5 Å². The van der Waals surface area contributed by atoms with Gasteiger partial charge < -0.3 is 18.8 Å². The number of furan rings is 1. The molecule has 0 saturated carbocycles. The van der Waals surface area contributed by atoms with Crippen LogP contribution in [0.2, 0.25) is 0 Å². The number of methoxy groups -OCH3 is 2. The van der Waals surface area contributed by atoms with Crippen molar-refractivity contribution in [2.45, 2.75) is 25.0 Å². The summed E-state index contributed by atoms with van der Waals surface area (Å²) < 4.78 is 15.9. The first-order chi connectivity index (χ1) is 8.69. The van der Waals surface area contributed by atoms with Gasteiger partial charge in [0.2, 0.25) is 5.91 Å². The molecule has 0 bridgehead atoms. The average Bonchev–Trinajstić information content (AvgIpc) is 2.91. The lowest BCUT2D eigenvalue weighted by Gasteiger charge is -2.39. The Morgan fingerprint density at radius 2 is 2.06 bits per heavy atom. The van der Waals surface area contributed by atoms with Crippen molar-refractivity contribution in [3.63, 3.8) is 0 Å². The number of rotatable bonds is 4. The third-order valence-electron chi connectivity index (χ3n) is 3.53. The van der Waals surface area contributed by atoms with Crippen molar-refractivity contribution in [3.05, 3.63) is 24.2 Å². The number of nitrogens with zero attached hydrogens (tertiary/aromatic N) is 1. The standard InChI is InChI=1S/C13H19NO4/c1-16-13(17-2)5-7-14(8-6-13)12(15)10-11-4-3-9-18-11/h3-4,9H,5-8,10H2,1-2H3. The fraction of sp³-hybridized carbons (Fsp3) is 0.615. The van der Waals surface area contributed by atoms with Crippen LogP contribution in [0.3, 0.4) is 0 Å². The lowest BCUT2D eigenvalue weighted by atomic mass is 10.0. The van der Waals surface area contributed by atoms with Crippen LogP contribution in [0.5, 0.6) is 0 Å². The Morgan fingerprint density at radius 3 is 2.56 bits per heavy atom. The zero-order valence-corrected chi connectivity index (χ0v) is 10.8. The number of likely N-dealkylation sites (tertiary alicyclic amines) is 1. The molecule has 5 nitrogen and oxygen atoms in total. The van der Waals surface area contributed by atoms with E-state index in [0.717, 1.165) is 0 Å². The Balaban J connectivity index is 1.87. The maximum atomic E-state index is 12.0. The van der Waals surface area contributed by atoms with E-state index < -0.39 is 5.79 Å². The molecule has 0 unspecified atom stereocenters. The lowest BCUT2D eigenvalue weighted by molar-refractivity contribution is -0.228. The van der Waals surface area contributed by atoms with Crippen LogP contribution in [0.25, 0.3) is 0 Å². The van der Waals surface area contributed by atoms with Crippen LogP contribution in [0.1, 0.15) is 18.6 Å². The molecule has 0 aromatic carbocycles. The first kappa shape index (κ1) is 13.1. The van der Waals surface area contributed by atoms with Gasteiger partial charge in [-0.05, 0) is 12.1 Å². The number of hydrogen-bond acceptors (Lipinski definition) is 4. The molecule has 1 aromatic heterocycles. The first-order valence-electron chi connectivity index (χ1n) is 6.09. The van der Waals surface area contributed by atoms with Gasteiger partial charge in [0.1, 0.15) is 5.76 Å². The van der Waals surface area contributed by atoms with Crippen molar-refractivity contribution in [2.75, 3.05) is 27.3 Å². The Labute approximate surface area is 107 Å². The predicted molar refractivity (Wildman–Crippen MR) is 65.0 cm³/mol. The second-order valence-corrected chi connectivity index (χ2v) is 4.46. The van der Waals surface area contributed by atoms with Gasteiger partial charge in [0, 0.05) is 40.2 Å². The van der Waals surface area contributed by atoms with Crippen molar-refractivity contribution in [3.8, 4) is 0 Å². The van der Waals surface area contributed by atoms with Gasteiger partial charge in [-0.3, -0.25) is 4.79 Å². The van der Waals surface area contributed by atoms with Gasteiger partial charge in [-0.15, -0.1) is 0 Å². The quantitative estimate of drug-likeness (QED) is 0.762. The summed E-state index contributed by atoms with van der Waals surface area (Å²) in [6, 6.07) is 3.61. The van der Waals surface area contributed by atoms with Crippen molar-refractivity contribution < 1.29 is 18.7 Å². The van der Waals surface area contributed by atoms with Crippen molar-refractivity contribution >= 4 is 5.91 Å². The molecule has 0 radical (unpaired) electrons. The van der Waals surface area contributed by atoms with Crippen LogP contribution >= 0.6 is 0 Å². The zero-order chi connectivity index (χ0) is 13.0. The molecule has 5 heteroatoms. The number of amides is 1. The van der Waals surface area contributed by atoms with E-state index in [4.69, 9.17) is 13.9 Å². The monoisotopic (exact) mass is 253 g/mol. The Morgan fingerprint density at radius 1 is 1.39 bits per heavy atom. The fourth-order valence-electron chi connectivity index (χ4n) is 2.26. The second-order valence-electron chi connectivity index (χ2n) is 4.46. The van der Waals surface area contributed by atoms with Gasteiger partial charge in [-0.2, -0.15) is 0 Å². The van der Waals surface area contributed by atoms with E-state index in [1.807, 2.05) is 11.0 Å². The third kappa shape index (κ3) is 2.73. The molecular weight excluding hydrogens is 234 g/mol. The van der Waals surface area contributed by atoms with Crippen LogP contribution in [0, 0.1) is 0 Å². The molecule has 1 saturated heterocycles. The minimum Gasteiger partial charge on any atom is -0.469 e. The Hall–Kier alpha value is -1.33. The van der Waals surface area contributed by atoms with E-state index in [2.05, 4.69) is 0 Å². The predicted octanol–water partition coefficient (Wildman–Crippen LogP) is 1.43. The van der Waals surface area contributed by atoms with Crippen molar-refractivity contribution in [2.24, 2.45) is 0 Å². The molecule has 0 N–H and O–H groups in total. The van der Waals surface area contributed by atoms with Gasteiger partial charge >= 0.3 is 0 Å². The third-order valence-corrected chi connectivity index (χ3v) is 3.53. The molecule has 18 heavy (non-hydrogen) atoms. The minimum absolute atomic E-state index is 0.0887. The van der Waals surface area contributed by atoms with E-state index in [0.29, 0.717) is 38.1 Å². The highest BCUT2D eigenvalue weighted by atomic mass is 16.7. The number of carbonyl (C=O) groups is 1. The van der Waals surface area contributed by atoms with Gasteiger partial charge in [-0.1, -0.05) is 0 Å². The SMILES string of the molecule is COC1(OC)CCN(C(=O)Cc2ccco2)CC1. The fourth-order valence-corrected chi connectivity index (χ4v) is 2.26. The van der Waals surface area contributed by atoms with E-state index in [1.165, 1.54) is 0 Å². The zero-order valence-electron chi connectivity index (χ0n) is 10.8. The highest BCUT2D eigenvalue weighted by Crippen LogP contribution is 2.26. The molecule has 0 aliphatic carbocycles.